The van der Waals surface area contributed by atoms with Gasteiger partial charge in [0.15, 0.2) is 0 Å². The Balaban J connectivity index is 2.16. The van der Waals surface area contributed by atoms with Gasteiger partial charge in [0, 0.05) is 12.7 Å². The molecule has 14 heavy (non-hydrogen) atoms. The summed E-state index contributed by atoms with van der Waals surface area (Å²) in [6.45, 7) is 0.825. The lowest BCUT2D eigenvalue weighted by atomic mass is 10.1. The molecule has 0 aliphatic heterocycles. The molecule has 2 rings (SSSR count). The minimum absolute atomic E-state index is 0.0342. The molecule has 1 aliphatic carbocycles. The summed E-state index contributed by atoms with van der Waals surface area (Å²) < 4.78 is 2.26. The van der Waals surface area contributed by atoms with Crippen molar-refractivity contribution in [2.24, 2.45) is 5.92 Å². The van der Waals surface area contributed by atoms with Crippen LogP contribution in [0.4, 0.5) is 0 Å². The molecule has 1 aromatic heterocycles. The van der Waals surface area contributed by atoms with Crippen LogP contribution in [0.2, 0.25) is 0 Å². The van der Waals surface area contributed by atoms with Crippen LogP contribution in [0.1, 0.15) is 25.7 Å². The summed E-state index contributed by atoms with van der Waals surface area (Å²) in [6, 6.07) is 0. The molecule has 4 heteroatoms. The summed E-state index contributed by atoms with van der Waals surface area (Å²) >= 11 is 3.20. The number of rotatable bonds is 2. The summed E-state index contributed by atoms with van der Waals surface area (Å²) in [7, 11) is 0. The second-order valence-electron chi connectivity index (χ2n) is 3.85. The molecule has 0 atom stereocenters. The first-order valence-corrected chi connectivity index (χ1v) is 5.76. The van der Waals surface area contributed by atoms with Crippen molar-refractivity contribution in [1.29, 1.82) is 0 Å². The molecule has 0 spiro atoms. The van der Waals surface area contributed by atoms with Crippen LogP contribution in [0.5, 0.6) is 0 Å². The van der Waals surface area contributed by atoms with Crippen molar-refractivity contribution in [3.05, 3.63) is 27.4 Å². The van der Waals surface area contributed by atoms with Crippen LogP contribution in [0.25, 0.3) is 0 Å². The SMILES string of the molecule is O=c1c(Br)cncn1CC1CCCC1. The van der Waals surface area contributed by atoms with Gasteiger partial charge in [0.25, 0.3) is 5.56 Å². The van der Waals surface area contributed by atoms with Crippen molar-refractivity contribution in [2.45, 2.75) is 32.2 Å². The zero-order valence-corrected chi connectivity index (χ0v) is 9.53. The largest absolute Gasteiger partial charge is 0.298 e. The third-order valence-electron chi connectivity index (χ3n) is 2.79. The maximum absolute atomic E-state index is 11.6. The van der Waals surface area contributed by atoms with Gasteiger partial charge in [-0.15, -0.1) is 0 Å². The van der Waals surface area contributed by atoms with E-state index in [1.54, 1.807) is 17.1 Å². The molecular weight excluding hydrogens is 244 g/mol. The average molecular weight is 257 g/mol. The van der Waals surface area contributed by atoms with Gasteiger partial charge in [-0.2, -0.15) is 0 Å². The second-order valence-corrected chi connectivity index (χ2v) is 4.70. The molecule has 0 saturated heterocycles. The van der Waals surface area contributed by atoms with Gasteiger partial charge in [0.1, 0.15) is 4.47 Å². The summed E-state index contributed by atoms with van der Waals surface area (Å²) in [6.07, 6.45) is 8.29. The molecule has 0 unspecified atom stereocenters. The molecule has 1 aromatic rings. The Morgan fingerprint density at radius 1 is 1.50 bits per heavy atom. The third kappa shape index (κ3) is 2.05. The van der Waals surface area contributed by atoms with E-state index in [4.69, 9.17) is 0 Å². The van der Waals surface area contributed by atoms with E-state index in [2.05, 4.69) is 20.9 Å². The van der Waals surface area contributed by atoms with E-state index >= 15 is 0 Å². The molecule has 1 fully saturated rings. The highest BCUT2D eigenvalue weighted by molar-refractivity contribution is 9.10. The first kappa shape index (κ1) is 9.90. The maximum atomic E-state index is 11.6. The van der Waals surface area contributed by atoms with Gasteiger partial charge in [0.2, 0.25) is 0 Å². The third-order valence-corrected chi connectivity index (χ3v) is 3.33. The predicted molar refractivity (Wildman–Crippen MR) is 58.2 cm³/mol. The fourth-order valence-electron chi connectivity index (χ4n) is 2.03. The molecule has 3 nitrogen and oxygen atoms in total. The smallest absolute Gasteiger partial charge is 0.267 e. The zero-order valence-electron chi connectivity index (χ0n) is 7.95. The Kier molecular flexibility index (Phi) is 3.01. The molecule has 1 saturated carbocycles. The number of hydrogen-bond donors (Lipinski definition) is 0. The molecule has 0 bridgehead atoms. The topological polar surface area (TPSA) is 34.9 Å². The van der Waals surface area contributed by atoms with Crippen LogP contribution >= 0.6 is 15.9 Å². The molecule has 1 heterocycles. The van der Waals surface area contributed by atoms with Crippen molar-refractivity contribution >= 4 is 15.9 Å². The Morgan fingerprint density at radius 3 is 2.93 bits per heavy atom. The van der Waals surface area contributed by atoms with Gasteiger partial charge in [-0.25, -0.2) is 4.98 Å². The van der Waals surface area contributed by atoms with Gasteiger partial charge >= 0.3 is 0 Å². The quantitative estimate of drug-likeness (QED) is 0.814. The lowest BCUT2D eigenvalue weighted by Crippen LogP contribution is -2.23. The lowest BCUT2D eigenvalue weighted by Gasteiger charge is -2.10. The normalized spacial score (nSPS) is 17.5. The van der Waals surface area contributed by atoms with E-state index in [1.807, 2.05) is 0 Å². The average Bonchev–Trinajstić information content (AvgIpc) is 2.66. The van der Waals surface area contributed by atoms with E-state index in [0.29, 0.717) is 10.4 Å². The number of hydrogen-bond acceptors (Lipinski definition) is 2. The molecular formula is C10H13BrN2O. The Labute approximate surface area is 91.3 Å². The molecule has 1 aliphatic rings. The molecule has 0 amide bonds. The Morgan fingerprint density at radius 2 is 2.21 bits per heavy atom. The van der Waals surface area contributed by atoms with Crippen LogP contribution in [-0.2, 0) is 6.54 Å². The van der Waals surface area contributed by atoms with Gasteiger partial charge < -0.3 is 0 Å². The Bertz CT molecular complexity index is 369. The highest BCUT2D eigenvalue weighted by Crippen LogP contribution is 2.25. The molecule has 0 N–H and O–H groups in total. The maximum Gasteiger partial charge on any atom is 0.267 e. The van der Waals surface area contributed by atoms with Gasteiger partial charge in [0.05, 0.1) is 6.33 Å². The fraction of sp³-hybridized carbons (Fsp3) is 0.600. The minimum atomic E-state index is 0.0342. The molecule has 0 radical (unpaired) electrons. The van der Waals surface area contributed by atoms with Crippen molar-refractivity contribution in [2.75, 3.05) is 0 Å². The van der Waals surface area contributed by atoms with E-state index < -0.39 is 0 Å². The molecule has 0 aromatic carbocycles. The summed E-state index contributed by atoms with van der Waals surface area (Å²) in [4.78, 5) is 15.6. The van der Waals surface area contributed by atoms with E-state index in [0.717, 1.165) is 6.54 Å². The first-order chi connectivity index (χ1) is 6.77. The highest BCUT2D eigenvalue weighted by atomic mass is 79.9. The van der Waals surface area contributed by atoms with Crippen LogP contribution in [0.15, 0.2) is 21.8 Å². The van der Waals surface area contributed by atoms with Crippen LogP contribution in [0.3, 0.4) is 0 Å². The monoisotopic (exact) mass is 256 g/mol. The van der Waals surface area contributed by atoms with Crippen LogP contribution < -0.4 is 5.56 Å². The van der Waals surface area contributed by atoms with Crippen molar-refractivity contribution in [1.82, 2.24) is 9.55 Å². The second kappa shape index (κ2) is 4.26. The van der Waals surface area contributed by atoms with Crippen LogP contribution in [-0.4, -0.2) is 9.55 Å². The highest BCUT2D eigenvalue weighted by Gasteiger charge is 2.16. The Hall–Kier alpha value is -0.640. The van der Waals surface area contributed by atoms with E-state index in [1.165, 1.54) is 25.7 Å². The van der Waals surface area contributed by atoms with E-state index in [9.17, 15) is 4.79 Å². The zero-order chi connectivity index (χ0) is 9.97. The van der Waals surface area contributed by atoms with Crippen LogP contribution in [0, 0.1) is 5.92 Å². The van der Waals surface area contributed by atoms with Gasteiger partial charge in [-0.3, -0.25) is 9.36 Å². The lowest BCUT2D eigenvalue weighted by molar-refractivity contribution is 0.444. The number of nitrogens with zero attached hydrogens (tertiary/aromatic N) is 2. The fourth-order valence-corrected chi connectivity index (χ4v) is 2.37. The molecule has 76 valence electrons. The summed E-state index contributed by atoms with van der Waals surface area (Å²) in [5.74, 6) is 0.670. The van der Waals surface area contributed by atoms with Crippen molar-refractivity contribution < 1.29 is 0 Å². The first-order valence-electron chi connectivity index (χ1n) is 4.97. The van der Waals surface area contributed by atoms with Crippen molar-refractivity contribution in [3.63, 3.8) is 0 Å². The number of halogens is 1. The summed E-state index contributed by atoms with van der Waals surface area (Å²) in [5.41, 5.74) is 0.0342. The minimum Gasteiger partial charge on any atom is -0.298 e. The van der Waals surface area contributed by atoms with E-state index in [-0.39, 0.29) is 5.56 Å². The predicted octanol–water partition coefficient (Wildman–Crippen LogP) is 2.20. The van der Waals surface area contributed by atoms with Gasteiger partial charge in [-0.1, -0.05) is 12.8 Å². The summed E-state index contributed by atoms with van der Waals surface area (Å²) in [5, 5.41) is 0. The standard InChI is InChI=1S/C10H13BrN2O/c11-9-5-12-7-13(10(9)14)6-8-3-1-2-4-8/h5,7-8H,1-4,6H2. The van der Waals surface area contributed by atoms with Gasteiger partial charge in [-0.05, 0) is 34.7 Å². The van der Waals surface area contributed by atoms with Crippen molar-refractivity contribution in [3.8, 4) is 0 Å². The number of aromatic nitrogens is 2.